The van der Waals surface area contributed by atoms with Crippen LogP contribution in [-0.4, -0.2) is 41.7 Å². The van der Waals surface area contributed by atoms with Crippen molar-refractivity contribution in [2.45, 2.75) is 22.6 Å². The number of thioether (sulfide) groups is 1. The summed E-state index contributed by atoms with van der Waals surface area (Å²) in [5, 5.41) is 4.59. The first-order valence-corrected chi connectivity index (χ1v) is 17.6. The zero-order valence-corrected chi connectivity index (χ0v) is 27.9. The van der Waals surface area contributed by atoms with Gasteiger partial charge in [0.2, 0.25) is 11.8 Å². The van der Waals surface area contributed by atoms with Crippen molar-refractivity contribution in [2.75, 3.05) is 23.9 Å². The lowest BCUT2D eigenvalue weighted by Gasteiger charge is -2.43. The third-order valence-electron chi connectivity index (χ3n) is 9.85. The van der Waals surface area contributed by atoms with E-state index in [1.807, 2.05) is 6.07 Å². The van der Waals surface area contributed by atoms with E-state index in [0.29, 0.717) is 32.9 Å². The Bertz CT molecular complexity index is 1980. The number of benzene rings is 3. The van der Waals surface area contributed by atoms with E-state index >= 15 is 0 Å². The quantitative estimate of drug-likeness (QED) is 0.212. The van der Waals surface area contributed by atoms with Crippen molar-refractivity contribution in [3.05, 3.63) is 96.9 Å². The molecular weight excluding hydrogens is 681 g/mol. The molecule has 1 aromatic heterocycles. The van der Waals surface area contributed by atoms with Gasteiger partial charge >= 0.3 is 4.87 Å². The van der Waals surface area contributed by atoms with Gasteiger partial charge in [-0.05, 0) is 90.9 Å². The van der Waals surface area contributed by atoms with Crippen molar-refractivity contribution in [2.24, 2.45) is 29.6 Å². The molecule has 0 radical (unpaired) electrons. The molecule has 7 atom stereocenters. The average Bonchev–Trinajstić information content (AvgIpc) is 3.80. The van der Waals surface area contributed by atoms with Gasteiger partial charge in [-0.2, -0.15) is 0 Å². The summed E-state index contributed by atoms with van der Waals surface area (Å²) in [7, 11) is 1.57. The summed E-state index contributed by atoms with van der Waals surface area (Å²) < 4.78 is 11.3. The van der Waals surface area contributed by atoms with Gasteiger partial charge in [-0.15, -0.1) is 11.8 Å². The summed E-state index contributed by atoms with van der Waals surface area (Å²) in [6.07, 6.45) is 0.736. The fraction of sp³-hybridized carbons (Fsp3) is 0.294. The number of hydrogen-bond donors (Lipinski definition) is 2. The van der Waals surface area contributed by atoms with Crippen LogP contribution in [0.2, 0.25) is 10.0 Å². The number of aromatic amines is 1. The van der Waals surface area contributed by atoms with Crippen molar-refractivity contribution >= 4 is 75.4 Å². The average molecular weight is 709 g/mol. The number of aromatic nitrogens is 1. The summed E-state index contributed by atoms with van der Waals surface area (Å²) in [6, 6.07) is 19.0. The number of ether oxygens (including phenoxy) is 2. The molecule has 3 fully saturated rings. The van der Waals surface area contributed by atoms with Gasteiger partial charge < -0.3 is 19.8 Å². The van der Waals surface area contributed by atoms with Crippen molar-refractivity contribution in [1.82, 2.24) is 4.98 Å². The van der Waals surface area contributed by atoms with Gasteiger partial charge in [-0.1, -0.05) is 34.5 Å². The molecule has 3 amide bonds. The van der Waals surface area contributed by atoms with Gasteiger partial charge in [0.1, 0.15) is 11.5 Å². The molecule has 1 saturated heterocycles. The second-order valence-corrected chi connectivity index (χ2v) is 15.3. The molecule has 3 aromatic carbocycles. The maximum atomic E-state index is 14.0. The van der Waals surface area contributed by atoms with Gasteiger partial charge in [-0.3, -0.25) is 24.1 Å². The number of H-pyrrole nitrogens is 1. The number of thiazole rings is 1. The van der Waals surface area contributed by atoms with E-state index in [1.54, 1.807) is 79.5 Å². The molecule has 240 valence electrons. The lowest BCUT2D eigenvalue weighted by molar-refractivity contribution is -0.123. The summed E-state index contributed by atoms with van der Waals surface area (Å²) in [4.78, 5) is 58.6. The summed E-state index contributed by atoms with van der Waals surface area (Å²) in [5.41, 5.74) is 1.87. The third-order valence-corrected chi connectivity index (χ3v) is 12.9. The molecule has 13 heteroatoms. The Morgan fingerprint density at radius 3 is 2.38 bits per heavy atom. The second kappa shape index (κ2) is 11.7. The van der Waals surface area contributed by atoms with E-state index in [-0.39, 0.29) is 58.1 Å². The first-order chi connectivity index (χ1) is 22.7. The fourth-order valence-corrected chi connectivity index (χ4v) is 11.3. The SMILES string of the molecule is COc1ccc(NC(=O)COc2ccc(Cl)cc2[C@H]2c3sc(=O)[nH]c3SC3C2[C@H]2C[C@@H]3C3C(=O)N(c4ccc(Cl)cc4)C(=O)C32)cc1. The molecule has 47 heavy (non-hydrogen) atoms. The number of nitrogens with one attached hydrogen (secondary N) is 2. The molecule has 2 aliphatic heterocycles. The van der Waals surface area contributed by atoms with Crippen LogP contribution in [0.25, 0.3) is 0 Å². The van der Waals surface area contributed by atoms with Crippen LogP contribution in [0.3, 0.4) is 0 Å². The van der Waals surface area contributed by atoms with Crippen LogP contribution in [0.15, 0.2) is 76.6 Å². The molecular formula is C34H27Cl2N3O6S2. The highest BCUT2D eigenvalue weighted by molar-refractivity contribution is 8.00. The number of methoxy groups -OCH3 is 1. The lowest BCUT2D eigenvalue weighted by atomic mass is 9.68. The molecule has 4 aromatic rings. The minimum absolute atomic E-state index is 0.0175. The largest absolute Gasteiger partial charge is 0.497 e. The Morgan fingerprint density at radius 1 is 0.957 bits per heavy atom. The zero-order valence-electron chi connectivity index (χ0n) is 24.8. The monoisotopic (exact) mass is 707 g/mol. The molecule has 0 spiro atoms. The second-order valence-electron chi connectivity index (χ2n) is 12.2. The molecule has 2 bridgehead atoms. The third kappa shape index (κ3) is 5.06. The van der Waals surface area contributed by atoms with E-state index in [1.165, 1.54) is 4.90 Å². The van der Waals surface area contributed by atoms with E-state index in [2.05, 4.69) is 10.3 Å². The normalized spacial score (nSPS) is 27.0. The highest BCUT2D eigenvalue weighted by Gasteiger charge is 2.69. The summed E-state index contributed by atoms with van der Waals surface area (Å²) >= 11 is 15.4. The molecule has 2 saturated carbocycles. The molecule has 8 rings (SSSR count). The summed E-state index contributed by atoms with van der Waals surface area (Å²) in [5.74, 6) is -1.02. The van der Waals surface area contributed by atoms with Crippen molar-refractivity contribution in [3.63, 3.8) is 0 Å². The topological polar surface area (TPSA) is 118 Å². The number of fused-ring (bicyclic) bond motifs is 9. The van der Waals surface area contributed by atoms with Gasteiger partial charge in [0.05, 0.1) is 29.7 Å². The van der Waals surface area contributed by atoms with Crippen molar-refractivity contribution in [3.8, 4) is 11.5 Å². The number of amides is 3. The van der Waals surface area contributed by atoms with Crippen molar-refractivity contribution in [1.29, 1.82) is 0 Å². The van der Waals surface area contributed by atoms with Gasteiger partial charge in [0.25, 0.3) is 5.91 Å². The minimum atomic E-state index is -0.469. The number of halogens is 2. The van der Waals surface area contributed by atoms with E-state index in [0.717, 1.165) is 33.2 Å². The Morgan fingerprint density at radius 2 is 1.66 bits per heavy atom. The number of carbonyl (C=O) groups is 3. The predicted octanol–water partition coefficient (Wildman–Crippen LogP) is 6.45. The Kier molecular flexibility index (Phi) is 7.63. The summed E-state index contributed by atoms with van der Waals surface area (Å²) in [6.45, 7) is -0.258. The number of nitrogens with zero attached hydrogens (tertiary/aromatic N) is 1. The lowest BCUT2D eigenvalue weighted by Crippen LogP contribution is -2.42. The molecule has 4 aliphatic rings. The highest BCUT2D eigenvalue weighted by Crippen LogP contribution is 2.69. The molecule has 4 unspecified atom stereocenters. The first-order valence-electron chi connectivity index (χ1n) is 15.1. The number of imide groups is 1. The van der Waals surface area contributed by atoms with Crippen molar-refractivity contribution < 1.29 is 23.9 Å². The van der Waals surface area contributed by atoms with E-state index in [9.17, 15) is 19.2 Å². The molecule has 9 nitrogen and oxygen atoms in total. The predicted molar refractivity (Wildman–Crippen MR) is 181 cm³/mol. The number of anilines is 2. The van der Waals surface area contributed by atoms with Crippen LogP contribution in [0.1, 0.15) is 22.8 Å². The Labute approximate surface area is 287 Å². The fourth-order valence-electron chi connectivity index (χ4n) is 8.12. The Balaban J connectivity index is 1.12. The molecule has 2 aliphatic carbocycles. The van der Waals surface area contributed by atoms with Crippen LogP contribution in [-0.2, 0) is 14.4 Å². The number of hydrogen-bond acceptors (Lipinski definition) is 8. The molecule has 3 heterocycles. The van der Waals surface area contributed by atoms with Gasteiger partial charge in [-0.25, -0.2) is 0 Å². The van der Waals surface area contributed by atoms with Crippen LogP contribution in [0.4, 0.5) is 11.4 Å². The standard InChI is InChI=1S/C34H27Cl2N3O6S2/c1-44-19-9-5-17(6-10-19)37-24(40)14-45-23-11-4-16(36)12-20(23)25-26-21-13-22(29(26)46-31-30(25)47-34(43)38-31)28-27(21)32(41)39(33(28)42)18-7-2-15(35)3-8-18/h2-12,21-22,25-29H,13-14H2,1H3,(H,37,40)(H,38,43)/t21-,22-,25-,26?,27?,28?,29?/m1/s1. The van der Waals surface area contributed by atoms with E-state index in [4.69, 9.17) is 32.7 Å². The molecule has 2 N–H and O–H groups in total. The smallest absolute Gasteiger partial charge is 0.305 e. The van der Waals surface area contributed by atoms with E-state index < -0.39 is 11.8 Å². The zero-order chi connectivity index (χ0) is 32.6. The van der Waals surface area contributed by atoms with Crippen LogP contribution < -0.4 is 24.6 Å². The minimum Gasteiger partial charge on any atom is -0.497 e. The van der Waals surface area contributed by atoms with Crippen LogP contribution >= 0.6 is 46.3 Å². The number of carbonyl (C=O) groups excluding carboxylic acids is 3. The maximum Gasteiger partial charge on any atom is 0.305 e. The number of rotatable bonds is 7. The Hall–Kier alpha value is -3.77. The van der Waals surface area contributed by atoms with Gasteiger partial charge in [0, 0.05) is 37.3 Å². The van der Waals surface area contributed by atoms with Gasteiger partial charge in [0.15, 0.2) is 6.61 Å². The van der Waals surface area contributed by atoms with Crippen LogP contribution in [0, 0.1) is 29.6 Å². The maximum absolute atomic E-state index is 14.0. The highest BCUT2D eigenvalue weighted by atomic mass is 35.5. The first kappa shape index (κ1) is 30.6. The van der Waals surface area contributed by atoms with Crippen LogP contribution in [0.5, 0.6) is 11.5 Å².